The summed E-state index contributed by atoms with van der Waals surface area (Å²) in [5.41, 5.74) is 0. The van der Waals surface area contributed by atoms with Gasteiger partial charge in [-0.05, 0) is 89.9 Å². The van der Waals surface area contributed by atoms with E-state index in [1.54, 1.807) is 0 Å². The lowest BCUT2D eigenvalue weighted by Crippen LogP contribution is -2.30. The molecular weight excluding hydrogens is 877 g/mol. The molecule has 1 unspecified atom stereocenters. The van der Waals surface area contributed by atoms with Gasteiger partial charge in [0.1, 0.15) is 13.2 Å². The number of rotatable bonds is 54. The Kier molecular flexibility index (Phi) is 56.3. The summed E-state index contributed by atoms with van der Waals surface area (Å²) in [4.78, 5) is 38.2. The second kappa shape index (κ2) is 59.2. The number of unbranched alkanes of at least 4 members (excludes halogenated alkanes) is 29. The first-order valence-corrected chi connectivity index (χ1v) is 30.1. The average molecular weight is 990 g/mol. The first-order chi connectivity index (χ1) is 35.0. The Hall–Kier alpha value is -3.41. The highest BCUT2D eigenvalue weighted by atomic mass is 16.6. The van der Waals surface area contributed by atoms with E-state index in [-0.39, 0.29) is 31.1 Å². The zero-order chi connectivity index (χ0) is 51.4. The Morgan fingerprint density at radius 1 is 0.296 bits per heavy atom. The largest absolute Gasteiger partial charge is 0.462 e. The van der Waals surface area contributed by atoms with Crippen molar-refractivity contribution in [1.29, 1.82) is 0 Å². The van der Waals surface area contributed by atoms with Crippen LogP contribution in [0, 0.1) is 0 Å². The number of allylic oxidation sites excluding steroid dienone is 14. The maximum atomic E-state index is 12.9. The van der Waals surface area contributed by atoms with Crippen LogP contribution in [0.25, 0.3) is 0 Å². The van der Waals surface area contributed by atoms with Crippen molar-refractivity contribution >= 4 is 17.9 Å². The summed E-state index contributed by atoms with van der Waals surface area (Å²) in [6, 6.07) is 0. The molecule has 0 aliphatic rings. The summed E-state index contributed by atoms with van der Waals surface area (Å²) in [6.45, 7) is 6.48. The molecule has 0 bridgehead atoms. The van der Waals surface area contributed by atoms with Crippen LogP contribution in [0.4, 0.5) is 0 Å². The number of carbonyl (C=O) groups is 3. The number of carbonyl (C=O) groups excluding carboxylic acids is 3. The van der Waals surface area contributed by atoms with E-state index in [1.807, 2.05) is 0 Å². The third-order valence-electron chi connectivity index (χ3n) is 12.9. The van der Waals surface area contributed by atoms with Crippen LogP contribution in [0.5, 0.6) is 0 Å². The van der Waals surface area contributed by atoms with E-state index in [0.717, 1.165) is 116 Å². The van der Waals surface area contributed by atoms with Crippen LogP contribution in [0.15, 0.2) is 85.1 Å². The van der Waals surface area contributed by atoms with Crippen molar-refractivity contribution in [2.24, 2.45) is 0 Å². The molecule has 0 aromatic carbocycles. The Bertz CT molecular complexity index is 1370. The van der Waals surface area contributed by atoms with Crippen molar-refractivity contribution in [3.63, 3.8) is 0 Å². The predicted octanol–water partition coefficient (Wildman–Crippen LogP) is 20.3. The zero-order valence-corrected chi connectivity index (χ0v) is 46.7. The molecule has 0 aromatic heterocycles. The lowest BCUT2D eigenvalue weighted by Gasteiger charge is -2.18. The summed E-state index contributed by atoms with van der Waals surface area (Å²) in [5, 5.41) is 0. The van der Waals surface area contributed by atoms with Gasteiger partial charge < -0.3 is 14.2 Å². The van der Waals surface area contributed by atoms with Gasteiger partial charge in [-0.1, -0.05) is 266 Å². The van der Waals surface area contributed by atoms with E-state index in [4.69, 9.17) is 14.2 Å². The quantitative estimate of drug-likeness (QED) is 0.0261. The number of esters is 3. The van der Waals surface area contributed by atoms with Crippen molar-refractivity contribution < 1.29 is 28.6 Å². The molecule has 0 aliphatic carbocycles. The maximum absolute atomic E-state index is 12.9. The first-order valence-electron chi connectivity index (χ1n) is 30.1. The minimum Gasteiger partial charge on any atom is -0.462 e. The van der Waals surface area contributed by atoms with E-state index < -0.39 is 6.10 Å². The minimum atomic E-state index is -0.789. The van der Waals surface area contributed by atoms with Crippen LogP contribution in [-0.4, -0.2) is 37.2 Å². The lowest BCUT2D eigenvalue weighted by molar-refractivity contribution is -0.167. The normalized spacial score (nSPS) is 12.7. The van der Waals surface area contributed by atoms with Gasteiger partial charge in [0, 0.05) is 19.3 Å². The van der Waals surface area contributed by atoms with Crippen LogP contribution in [0.1, 0.15) is 290 Å². The molecule has 0 radical (unpaired) electrons. The Morgan fingerprint density at radius 3 is 0.915 bits per heavy atom. The molecule has 0 saturated heterocycles. The molecule has 0 aliphatic heterocycles. The third-order valence-corrected chi connectivity index (χ3v) is 12.9. The van der Waals surface area contributed by atoms with Crippen LogP contribution in [-0.2, 0) is 28.6 Å². The minimum absolute atomic E-state index is 0.0873. The van der Waals surface area contributed by atoms with Crippen LogP contribution >= 0.6 is 0 Å². The maximum Gasteiger partial charge on any atom is 0.306 e. The van der Waals surface area contributed by atoms with Crippen molar-refractivity contribution in [3.8, 4) is 0 Å². The van der Waals surface area contributed by atoms with E-state index in [1.165, 1.54) is 135 Å². The number of ether oxygens (including phenoxy) is 3. The first kappa shape index (κ1) is 67.6. The highest BCUT2D eigenvalue weighted by molar-refractivity contribution is 5.71. The van der Waals surface area contributed by atoms with Gasteiger partial charge in [0.25, 0.3) is 0 Å². The van der Waals surface area contributed by atoms with Crippen LogP contribution < -0.4 is 0 Å². The predicted molar refractivity (Wildman–Crippen MR) is 307 cm³/mol. The standard InChI is InChI=1S/C65H112O6/c1-4-7-10-13-16-19-22-24-26-28-30-31-32-33-35-36-38-40-43-46-49-52-55-58-64(67)70-61-62(60-69-63(66)57-54-51-48-45-42-21-18-15-12-9-6-3)71-65(68)59-56-53-50-47-44-41-39-37-34-29-27-25-23-20-17-14-11-8-5-2/h7,10,15-16,18-19,24,26,30-31,33,35,38,40,62H,4-6,8-9,11-14,17,20-23,25,27-29,32,34,36-37,39,41-61H2,1-3H3/b10-7-,18-15-,19-16-,26-24-,31-30-,35-33-,40-38-. The molecule has 6 nitrogen and oxygen atoms in total. The average Bonchev–Trinajstić information content (AvgIpc) is 3.37. The Morgan fingerprint density at radius 2 is 0.563 bits per heavy atom. The molecule has 0 saturated carbocycles. The molecule has 0 heterocycles. The Balaban J connectivity index is 4.36. The molecule has 0 amide bonds. The Labute approximate surface area is 439 Å². The lowest BCUT2D eigenvalue weighted by atomic mass is 10.0. The summed E-state index contributed by atoms with van der Waals surface area (Å²) < 4.78 is 16.9. The SMILES string of the molecule is CC/C=C\C/C=C\C/C=C\C/C=C\C/C=C\C/C=C\CCCCCCC(=O)OCC(COC(=O)CCCCCCC/C=C\CCCC)OC(=O)CCCCCCCCCCCCCCCCCCCCC. The van der Waals surface area contributed by atoms with Gasteiger partial charge in [-0.3, -0.25) is 14.4 Å². The molecule has 0 aromatic rings. The summed E-state index contributed by atoms with van der Waals surface area (Å²) in [5.74, 6) is -0.912. The fourth-order valence-electron chi connectivity index (χ4n) is 8.37. The smallest absolute Gasteiger partial charge is 0.306 e. The second-order valence-electron chi connectivity index (χ2n) is 19.9. The molecule has 0 spiro atoms. The summed E-state index contributed by atoms with van der Waals surface area (Å²) in [6.07, 6.45) is 77.2. The van der Waals surface area contributed by atoms with E-state index in [0.29, 0.717) is 19.3 Å². The zero-order valence-electron chi connectivity index (χ0n) is 46.7. The second-order valence-corrected chi connectivity index (χ2v) is 19.9. The number of hydrogen-bond donors (Lipinski definition) is 0. The molecule has 0 N–H and O–H groups in total. The van der Waals surface area contributed by atoms with Gasteiger partial charge in [-0.25, -0.2) is 0 Å². The van der Waals surface area contributed by atoms with Gasteiger partial charge >= 0.3 is 17.9 Å². The van der Waals surface area contributed by atoms with Crippen LogP contribution in [0.3, 0.4) is 0 Å². The molecule has 0 fully saturated rings. The fourth-order valence-corrected chi connectivity index (χ4v) is 8.37. The van der Waals surface area contributed by atoms with Gasteiger partial charge in [0.05, 0.1) is 0 Å². The molecule has 0 rings (SSSR count). The van der Waals surface area contributed by atoms with Gasteiger partial charge in [0.15, 0.2) is 6.10 Å². The molecule has 408 valence electrons. The van der Waals surface area contributed by atoms with Crippen LogP contribution in [0.2, 0.25) is 0 Å². The van der Waals surface area contributed by atoms with E-state index >= 15 is 0 Å². The van der Waals surface area contributed by atoms with E-state index in [2.05, 4.69) is 106 Å². The highest BCUT2D eigenvalue weighted by Crippen LogP contribution is 2.16. The van der Waals surface area contributed by atoms with Crippen molar-refractivity contribution in [3.05, 3.63) is 85.1 Å². The van der Waals surface area contributed by atoms with Gasteiger partial charge in [0.2, 0.25) is 0 Å². The molecule has 71 heavy (non-hydrogen) atoms. The molecular formula is C65H112O6. The monoisotopic (exact) mass is 989 g/mol. The molecule has 6 heteroatoms. The van der Waals surface area contributed by atoms with Crippen molar-refractivity contribution in [1.82, 2.24) is 0 Å². The van der Waals surface area contributed by atoms with Crippen molar-refractivity contribution in [2.75, 3.05) is 13.2 Å². The number of hydrogen-bond acceptors (Lipinski definition) is 6. The summed E-state index contributed by atoms with van der Waals surface area (Å²) >= 11 is 0. The van der Waals surface area contributed by atoms with E-state index in [9.17, 15) is 14.4 Å². The fraction of sp³-hybridized carbons (Fsp3) is 0.738. The third kappa shape index (κ3) is 57.4. The summed E-state index contributed by atoms with van der Waals surface area (Å²) in [7, 11) is 0. The van der Waals surface area contributed by atoms with Gasteiger partial charge in [-0.15, -0.1) is 0 Å². The van der Waals surface area contributed by atoms with Crippen molar-refractivity contribution in [2.45, 2.75) is 297 Å². The van der Waals surface area contributed by atoms with Gasteiger partial charge in [-0.2, -0.15) is 0 Å². The molecule has 1 atom stereocenters. The highest BCUT2D eigenvalue weighted by Gasteiger charge is 2.19. The topological polar surface area (TPSA) is 78.9 Å².